The highest BCUT2D eigenvalue weighted by Crippen LogP contribution is 2.62. The highest BCUT2D eigenvalue weighted by molar-refractivity contribution is 8.01. The topological polar surface area (TPSA) is 29.1 Å². The van der Waals surface area contributed by atoms with Crippen LogP contribution in [0.1, 0.15) is 56.1 Å². The third-order valence-electron chi connectivity index (χ3n) is 7.28. The quantitative estimate of drug-likeness (QED) is 0.339. The number of benzene rings is 2. The number of thioether (sulfide) groups is 1. The second-order valence-corrected chi connectivity index (χ2v) is 12.2. The summed E-state index contributed by atoms with van der Waals surface area (Å²) in [5, 5.41) is 4.15. The van der Waals surface area contributed by atoms with Crippen LogP contribution < -0.4 is 5.32 Å². The molecule has 4 atom stereocenters. The maximum atomic E-state index is 14.1. The van der Waals surface area contributed by atoms with Gasteiger partial charge < -0.3 is 5.32 Å². The van der Waals surface area contributed by atoms with Crippen LogP contribution in [-0.2, 0) is 9.54 Å². The van der Waals surface area contributed by atoms with E-state index in [4.69, 9.17) is 23.2 Å². The van der Waals surface area contributed by atoms with Crippen molar-refractivity contribution >= 4 is 40.9 Å². The third kappa shape index (κ3) is 5.86. The van der Waals surface area contributed by atoms with Gasteiger partial charge >= 0.3 is 5.51 Å². The van der Waals surface area contributed by atoms with Crippen molar-refractivity contribution in [1.82, 2.24) is 5.32 Å². The van der Waals surface area contributed by atoms with E-state index >= 15 is 0 Å². The van der Waals surface area contributed by atoms with E-state index in [0.717, 1.165) is 5.56 Å². The molecule has 8 heteroatoms. The Morgan fingerprint density at radius 1 is 1.14 bits per heavy atom. The summed E-state index contributed by atoms with van der Waals surface area (Å²) >= 11 is 12.4. The average Bonchev–Trinajstić information content (AvgIpc) is 3.61. The van der Waals surface area contributed by atoms with Gasteiger partial charge in [-0.3, -0.25) is 4.79 Å². The zero-order valence-corrected chi connectivity index (χ0v) is 21.7. The first-order chi connectivity index (χ1) is 16.5. The van der Waals surface area contributed by atoms with Crippen molar-refractivity contribution in [3.05, 3.63) is 82.4 Å². The van der Waals surface area contributed by atoms with Gasteiger partial charge in [-0.05, 0) is 85.2 Å². The molecule has 1 aliphatic heterocycles. The van der Waals surface area contributed by atoms with Crippen LogP contribution in [0.2, 0.25) is 10.0 Å². The molecule has 2 aromatic rings. The van der Waals surface area contributed by atoms with E-state index in [0.29, 0.717) is 41.3 Å². The van der Waals surface area contributed by atoms with Gasteiger partial charge in [-0.2, -0.15) is 13.2 Å². The molecule has 188 valence electrons. The number of carbonyl (C=O) groups is 1. The molecule has 2 aromatic carbocycles. The number of hydrogen-bond acceptors (Lipinski definition) is 2. The molecule has 1 aliphatic carbocycles. The van der Waals surface area contributed by atoms with E-state index in [1.165, 1.54) is 0 Å². The van der Waals surface area contributed by atoms with Gasteiger partial charge in [-0.25, -0.2) is 0 Å². The monoisotopic (exact) mass is 541 g/mol. The first-order valence-electron chi connectivity index (χ1n) is 11.7. The number of halogens is 5. The van der Waals surface area contributed by atoms with Gasteiger partial charge in [0, 0.05) is 22.0 Å². The first kappa shape index (κ1) is 26.4. The van der Waals surface area contributed by atoms with Gasteiger partial charge in [0.25, 0.3) is 0 Å². The summed E-state index contributed by atoms with van der Waals surface area (Å²) in [7, 11) is 0. The van der Waals surface area contributed by atoms with E-state index in [9.17, 15) is 18.0 Å². The maximum absolute atomic E-state index is 14.1. The molecular formula is C27H28Cl2F3NOS. The molecule has 1 saturated carbocycles. The minimum atomic E-state index is -4.44. The van der Waals surface area contributed by atoms with Crippen LogP contribution in [0.5, 0.6) is 0 Å². The molecule has 1 saturated heterocycles. The number of carbonyl (C=O) groups excluding carboxylic acids is 1. The number of hydrogen-bond donors (Lipinski definition) is 1. The molecule has 4 rings (SSSR count). The van der Waals surface area contributed by atoms with Gasteiger partial charge in [0.2, 0.25) is 5.91 Å². The standard InChI is InChI=1S/C27H28Cl2F3NOS/c1-3-13-25(2)15-22(17-5-4-6-21(29)14-17)23(33-24(25)34)16-26(18-7-8-18,35-27(30,31)32)19-9-11-20(28)12-10-19/h3-6,9-12,14,18,22-23H,1,7-8,13,15-16H2,2H3,(H,33,34)/t22-,23+,25+,26+/m1/s1. The van der Waals surface area contributed by atoms with Crippen molar-refractivity contribution in [2.75, 3.05) is 0 Å². The van der Waals surface area contributed by atoms with E-state index in [-0.39, 0.29) is 35.9 Å². The molecule has 0 radical (unpaired) electrons. The summed E-state index contributed by atoms with van der Waals surface area (Å²) < 4.78 is 40.9. The Kier molecular flexibility index (Phi) is 7.57. The van der Waals surface area contributed by atoms with E-state index in [1.807, 2.05) is 25.1 Å². The summed E-state index contributed by atoms with van der Waals surface area (Å²) in [5.74, 6) is -0.497. The number of nitrogens with one attached hydrogen (secondary N) is 1. The summed E-state index contributed by atoms with van der Waals surface area (Å²) in [6.07, 6.45) is 4.26. The van der Waals surface area contributed by atoms with Gasteiger partial charge in [0.15, 0.2) is 0 Å². The van der Waals surface area contributed by atoms with Crippen LogP contribution >= 0.6 is 35.0 Å². The van der Waals surface area contributed by atoms with Crippen molar-refractivity contribution in [2.24, 2.45) is 11.3 Å². The Morgan fingerprint density at radius 2 is 1.83 bits per heavy atom. The first-order valence-corrected chi connectivity index (χ1v) is 13.2. The zero-order valence-electron chi connectivity index (χ0n) is 19.4. The van der Waals surface area contributed by atoms with E-state index in [2.05, 4.69) is 11.9 Å². The SMILES string of the molecule is C=CC[C@@]1(C)C[C@H](c2cccc(Cl)c2)[C@H](C[C@@](SC(F)(F)F)(c2ccc(Cl)cc2)C2CC2)NC1=O. The Hall–Kier alpha value is -1.63. The van der Waals surface area contributed by atoms with E-state index in [1.54, 1.807) is 36.4 Å². The summed E-state index contributed by atoms with van der Waals surface area (Å²) in [4.78, 5) is 13.3. The van der Waals surface area contributed by atoms with Crippen LogP contribution in [0, 0.1) is 11.3 Å². The highest BCUT2D eigenvalue weighted by atomic mass is 35.5. The predicted molar refractivity (Wildman–Crippen MR) is 138 cm³/mol. The van der Waals surface area contributed by atoms with Crippen LogP contribution in [0.25, 0.3) is 0 Å². The molecule has 0 unspecified atom stereocenters. The molecule has 2 aliphatic rings. The fourth-order valence-corrected chi connectivity index (χ4v) is 7.11. The van der Waals surface area contributed by atoms with Gasteiger partial charge in [-0.15, -0.1) is 6.58 Å². The molecule has 35 heavy (non-hydrogen) atoms. The van der Waals surface area contributed by atoms with Crippen LogP contribution in [0.3, 0.4) is 0 Å². The summed E-state index contributed by atoms with van der Waals surface area (Å²) in [6.45, 7) is 5.69. The number of rotatable bonds is 8. The Labute approximate surface area is 218 Å². The van der Waals surface area contributed by atoms with Crippen LogP contribution in [0.15, 0.2) is 61.2 Å². The van der Waals surface area contributed by atoms with Crippen LogP contribution in [-0.4, -0.2) is 17.5 Å². The zero-order chi connectivity index (χ0) is 25.4. The minimum Gasteiger partial charge on any atom is -0.352 e. The molecule has 1 amide bonds. The molecule has 1 N–H and O–H groups in total. The lowest BCUT2D eigenvalue weighted by Gasteiger charge is -2.46. The smallest absolute Gasteiger partial charge is 0.352 e. The molecule has 0 aromatic heterocycles. The fraction of sp³-hybridized carbons (Fsp3) is 0.444. The molecule has 2 fully saturated rings. The molecule has 0 spiro atoms. The van der Waals surface area contributed by atoms with Crippen molar-refractivity contribution in [2.45, 2.75) is 61.2 Å². The highest BCUT2D eigenvalue weighted by Gasteiger charge is 2.56. The van der Waals surface area contributed by atoms with Crippen molar-refractivity contribution in [1.29, 1.82) is 0 Å². The fourth-order valence-electron chi connectivity index (χ4n) is 5.46. The molecule has 2 nitrogen and oxygen atoms in total. The summed E-state index contributed by atoms with van der Waals surface area (Å²) in [6, 6.07) is 13.6. The average molecular weight is 542 g/mol. The number of alkyl halides is 3. The Balaban J connectivity index is 1.79. The number of amides is 1. The second kappa shape index (κ2) is 10.0. The Bertz CT molecular complexity index is 1090. The number of piperidine rings is 1. The van der Waals surface area contributed by atoms with Gasteiger partial charge in [-0.1, -0.05) is 60.5 Å². The van der Waals surface area contributed by atoms with E-state index < -0.39 is 21.7 Å². The van der Waals surface area contributed by atoms with Gasteiger partial charge in [0.05, 0.1) is 10.2 Å². The largest absolute Gasteiger partial charge is 0.442 e. The number of allylic oxidation sites excluding steroid dienone is 1. The minimum absolute atomic E-state index is 0.0477. The second-order valence-electron chi connectivity index (χ2n) is 9.92. The molecular weight excluding hydrogens is 514 g/mol. The van der Waals surface area contributed by atoms with Gasteiger partial charge in [0.1, 0.15) is 0 Å². The maximum Gasteiger partial charge on any atom is 0.442 e. The van der Waals surface area contributed by atoms with Crippen molar-refractivity contribution < 1.29 is 18.0 Å². The normalized spacial score (nSPS) is 26.6. The van der Waals surface area contributed by atoms with Crippen molar-refractivity contribution in [3.63, 3.8) is 0 Å². The Morgan fingerprint density at radius 3 is 2.40 bits per heavy atom. The third-order valence-corrected chi connectivity index (χ3v) is 9.10. The molecule has 1 heterocycles. The van der Waals surface area contributed by atoms with Crippen LogP contribution in [0.4, 0.5) is 13.2 Å². The lowest BCUT2D eigenvalue weighted by molar-refractivity contribution is -0.134. The lowest BCUT2D eigenvalue weighted by Crippen LogP contribution is -2.55. The summed E-state index contributed by atoms with van der Waals surface area (Å²) in [5.41, 5.74) is -3.64. The lowest BCUT2D eigenvalue weighted by atomic mass is 9.67. The molecule has 0 bridgehead atoms. The van der Waals surface area contributed by atoms with Crippen molar-refractivity contribution in [3.8, 4) is 0 Å². The predicted octanol–water partition coefficient (Wildman–Crippen LogP) is 8.50.